The standard InChI is InChI=1S/C19H27N5O3/c25-18-17(20-6-7-21-18)19(26)24-8-4-13(5-9-24)11-27-16-10-15(22-12-23-16)14-2-1-3-14/h10,12-14,17,20H,1-9,11H2,(H,21,25). The van der Waals surface area contributed by atoms with E-state index in [2.05, 4.69) is 20.6 Å². The van der Waals surface area contributed by atoms with Gasteiger partial charge in [-0.1, -0.05) is 6.42 Å². The largest absolute Gasteiger partial charge is 0.477 e. The van der Waals surface area contributed by atoms with Crippen LogP contribution in [0.15, 0.2) is 12.4 Å². The fourth-order valence-corrected chi connectivity index (χ4v) is 3.86. The molecule has 3 fully saturated rings. The van der Waals surface area contributed by atoms with Crippen molar-refractivity contribution in [2.45, 2.75) is 44.1 Å². The SMILES string of the molecule is O=C1NCCNC1C(=O)N1CCC(COc2cc(C3CCC3)ncn2)CC1. The Morgan fingerprint density at radius 2 is 2.00 bits per heavy atom. The third kappa shape index (κ3) is 4.21. The molecule has 1 aliphatic carbocycles. The number of hydrogen-bond acceptors (Lipinski definition) is 6. The number of carbonyl (C=O) groups excluding carboxylic acids is 2. The van der Waals surface area contributed by atoms with Gasteiger partial charge in [-0.25, -0.2) is 9.97 Å². The summed E-state index contributed by atoms with van der Waals surface area (Å²) in [5.74, 6) is 1.27. The summed E-state index contributed by atoms with van der Waals surface area (Å²) in [6, 6.07) is 1.23. The first-order valence-corrected chi connectivity index (χ1v) is 9.95. The number of rotatable bonds is 5. The second kappa shape index (κ2) is 8.21. The fraction of sp³-hybridized carbons (Fsp3) is 0.684. The first-order valence-electron chi connectivity index (χ1n) is 9.95. The zero-order valence-corrected chi connectivity index (χ0v) is 15.5. The van der Waals surface area contributed by atoms with Gasteiger partial charge in [-0.15, -0.1) is 0 Å². The third-order valence-electron chi connectivity index (χ3n) is 5.86. The summed E-state index contributed by atoms with van der Waals surface area (Å²) in [6.07, 6.45) is 7.03. The van der Waals surface area contributed by atoms with Gasteiger partial charge in [0.15, 0.2) is 6.04 Å². The van der Waals surface area contributed by atoms with Gasteiger partial charge in [-0.2, -0.15) is 0 Å². The topological polar surface area (TPSA) is 96.5 Å². The highest BCUT2D eigenvalue weighted by Crippen LogP contribution is 2.35. The van der Waals surface area contributed by atoms with Crippen LogP contribution >= 0.6 is 0 Å². The van der Waals surface area contributed by atoms with Gasteiger partial charge >= 0.3 is 0 Å². The minimum Gasteiger partial charge on any atom is -0.477 e. The zero-order chi connectivity index (χ0) is 18.6. The maximum Gasteiger partial charge on any atom is 0.249 e. The molecule has 1 saturated carbocycles. The lowest BCUT2D eigenvalue weighted by molar-refractivity contribution is -0.141. The van der Waals surface area contributed by atoms with Crippen molar-refractivity contribution in [1.29, 1.82) is 0 Å². The highest BCUT2D eigenvalue weighted by atomic mass is 16.5. The molecule has 1 aromatic heterocycles. The molecule has 0 radical (unpaired) electrons. The number of nitrogens with zero attached hydrogens (tertiary/aromatic N) is 3. The summed E-state index contributed by atoms with van der Waals surface area (Å²) in [5, 5.41) is 5.74. The van der Waals surface area contributed by atoms with Gasteiger partial charge in [-0.3, -0.25) is 14.9 Å². The molecular formula is C19H27N5O3. The van der Waals surface area contributed by atoms with Crippen molar-refractivity contribution in [2.75, 3.05) is 32.8 Å². The molecule has 1 aromatic rings. The van der Waals surface area contributed by atoms with Gasteiger partial charge in [0.25, 0.3) is 0 Å². The molecule has 1 atom stereocenters. The van der Waals surface area contributed by atoms with Crippen molar-refractivity contribution in [3.63, 3.8) is 0 Å². The van der Waals surface area contributed by atoms with E-state index in [1.165, 1.54) is 19.3 Å². The molecule has 146 valence electrons. The van der Waals surface area contributed by atoms with Crippen molar-refractivity contribution >= 4 is 11.8 Å². The Bertz CT molecular complexity index is 686. The van der Waals surface area contributed by atoms with Crippen LogP contribution in [0.1, 0.15) is 43.7 Å². The lowest BCUT2D eigenvalue weighted by Crippen LogP contribution is -2.60. The molecule has 8 heteroatoms. The van der Waals surface area contributed by atoms with Crippen molar-refractivity contribution in [3.8, 4) is 5.88 Å². The fourth-order valence-electron chi connectivity index (χ4n) is 3.86. The summed E-state index contributed by atoms with van der Waals surface area (Å²) in [4.78, 5) is 34.8. The van der Waals surface area contributed by atoms with E-state index in [0.29, 0.717) is 50.5 Å². The minimum atomic E-state index is -0.738. The third-order valence-corrected chi connectivity index (χ3v) is 5.86. The van der Waals surface area contributed by atoms with Crippen LogP contribution < -0.4 is 15.4 Å². The summed E-state index contributed by atoms with van der Waals surface area (Å²) >= 11 is 0. The molecule has 2 N–H and O–H groups in total. The molecule has 27 heavy (non-hydrogen) atoms. The first kappa shape index (κ1) is 18.2. The first-order chi connectivity index (χ1) is 13.2. The molecule has 3 heterocycles. The van der Waals surface area contributed by atoms with Gasteiger partial charge in [0.2, 0.25) is 17.7 Å². The maximum absolute atomic E-state index is 12.5. The summed E-state index contributed by atoms with van der Waals surface area (Å²) < 4.78 is 5.90. The van der Waals surface area contributed by atoms with E-state index in [4.69, 9.17) is 4.74 Å². The van der Waals surface area contributed by atoms with Crippen molar-refractivity contribution in [1.82, 2.24) is 25.5 Å². The Hall–Kier alpha value is -2.22. The average molecular weight is 373 g/mol. The Labute approximate surface area is 159 Å². The molecule has 0 bridgehead atoms. The zero-order valence-electron chi connectivity index (χ0n) is 15.5. The lowest BCUT2D eigenvalue weighted by Gasteiger charge is -2.35. The predicted molar refractivity (Wildman–Crippen MR) is 98.2 cm³/mol. The Balaban J connectivity index is 1.24. The van der Waals surface area contributed by atoms with E-state index in [1.807, 2.05) is 6.07 Å². The smallest absolute Gasteiger partial charge is 0.249 e. The van der Waals surface area contributed by atoms with Crippen LogP contribution in [0.25, 0.3) is 0 Å². The van der Waals surface area contributed by atoms with Crippen LogP contribution in [0.2, 0.25) is 0 Å². The monoisotopic (exact) mass is 373 g/mol. The number of ether oxygens (including phenoxy) is 1. The van der Waals surface area contributed by atoms with E-state index in [0.717, 1.165) is 18.5 Å². The highest BCUT2D eigenvalue weighted by molar-refractivity contribution is 6.04. The van der Waals surface area contributed by atoms with Crippen LogP contribution in [0.3, 0.4) is 0 Å². The van der Waals surface area contributed by atoms with E-state index in [9.17, 15) is 9.59 Å². The number of hydrogen-bond donors (Lipinski definition) is 2. The molecule has 0 spiro atoms. The molecule has 2 saturated heterocycles. The quantitative estimate of drug-likeness (QED) is 0.728. The molecule has 4 rings (SSSR count). The second-order valence-electron chi connectivity index (χ2n) is 7.67. The maximum atomic E-state index is 12.5. The van der Waals surface area contributed by atoms with Crippen LogP contribution in [0, 0.1) is 5.92 Å². The summed E-state index contributed by atoms with van der Waals surface area (Å²) in [5.41, 5.74) is 1.09. The number of piperazine rings is 1. The van der Waals surface area contributed by atoms with Crippen LogP contribution in [-0.2, 0) is 9.59 Å². The molecule has 8 nitrogen and oxygen atoms in total. The van der Waals surface area contributed by atoms with E-state index < -0.39 is 6.04 Å². The molecule has 3 aliphatic rings. The van der Waals surface area contributed by atoms with Crippen LogP contribution in [0.5, 0.6) is 5.88 Å². The highest BCUT2D eigenvalue weighted by Gasteiger charge is 2.34. The number of likely N-dealkylation sites (tertiary alicyclic amines) is 1. The van der Waals surface area contributed by atoms with E-state index >= 15 is 0 Å². The Morgan fingerprint density at radius 3 is 2.70 bits per heavy atom. The lowest BCUT2D eigenvalue weighted by atomic mass is 9.83. The van der Waals surface area contributed by atoms with Gasteiger partial charge in [-0.05, 0) is 31.6 Å². The minimum absolute atomic E-state index is 0.118. The normalized spacial score (nSPS) is 24.2. The number of amides is 2. The number of carbonyl (C=O) groups is 2. The molecule has 0 aromatic carbocycles. The average Bonchev–Trinajstić information content (AvgIpc) is 2.66. The molecule has 2 amide bonds. The number of aromatic nitrogens is 2. The molecule has 1 unspecified atom stereocenters. The Morgan fingerprint density at radius 1 is 1.19 bits per heavy atom. The van der Waals surface area contributed by atoms with Gasteiger partial charge in [0.1, 0.15) is 6.33 Å². The van der Waals surface area contributed by atoms with Crippen LogP contribution in [0.4, 0.5) is 0 Å². The van der Waals surface area contributed by atoms with Gasteiger partial charge < -0.3 is 15.0 Å². The summed E-state index contributed by atoms with van der Waals surface area (Å²) in [6.45, 7) is 3.14. The summed E-state index contributed by atoms with van der Waals surface area (Å²) in [7, 11) is 0. The molecular weight excluding hydrogens is 346 g/mol. The second-order valence-corrected chi connectivity index (χ2v) is 7.67. The van der Waals surface area contributed by atoms with Crippen molar-refractivity contribution in [2.24, 2.45) is 5.92 Å². The van der Waals surface area contributed by atoms with Crippen molar-refractivity contribution < 1.29 is 14.3 Å². The number of piperidine rings is 1. The number of nitrogens with one attached hydrogen (secondary N) is 2. The van der Waals surface area contributed by atoms with E-state index in [-0.39, 0.29) is 11.8 Å². The van der Waals surface area contributed by atoms with Gasteiger partial charge in [0, 0.05) is 38.2 Å². The van der Waals surface area contributed by atoms with Crippen molar-refractivity contribution in [3.05, 3.63) is 18.1 Å². The van der Waals surface area contributed by atoms with Crippen LogP contribution in [-0.4, -0.2) is 65.5 Å². The van der Waals surface area contributed by atoms with E-state index in [1.54, 1.807) is 11.2 Å². The van der Waals surface area contributed by atoms with Gasteiger partial charge in [0.05, 0.1) is 12.3 Å². The Kier molecular flexibility index (Phi) is 5.52. The molecule has 2 aliphatic heterocycles. The predicted octanol–water partition coefficient (Wildman–Crippen LogP) is 0.449.